The SMILES string of the molecule is C#CCCNCc1ncc(-c2ccc(-c3ccc(-c4nc(C56CC5CC[NH2+]6)[nH]c4C)cc3)cc2)[nH]1. The molecule has 2 aromatic carbocycles. The third-order valence-electron chi connectivity index (χ3n) is 7.56. The van der Waals surface area contributed by atoms with Crippen molar-refractivity contribution < 1.29 is 5.32 Å². The van der Waals surface area contributed by atoms with Crippen molar-refractivity contribution in [3.63, 3.8) is 0 Å². The zero-order valence-electron chi connectivity index (χ0n) is 20.1. The van der Waals surface area contributed by atoms with Crippen LogP contribution in [0.25, 0.3) is 33.6 Å². The Labute approximate surface area is 206 Å². The molecule has 176 valence electrons. The van der Waals surface area contributed by atoms with Crippen LogP contribution in [0, 0.1) is 25.2 Å². The Morgan fingerprint density at radius 1 is 1.06 bits per heavy atom. The molecule has 35 heavy (non-hydrogen) atoms. The molecular formula is C29H31N6+. The Balaban J connectivity index is 1.15. The van der Waals surface area contributed by atoms with Gasteiger partial charge in [0.05, 0.1) is 30.7 Å². The van der Waals surface area contributed by atoms with Crippen LogP contribution in [0.15, 0.2) is 54.7 Å². The van der Waals surface area contributed by atoms with E-state index in [1.54, 1.807) is 0 Å². The summed E-state index contributed by atoms with van der Waals surface area (Å²) in [6.07, 6.45) is 10.5. The van der Waals surface area contributed by atoms with Crippen LogP contribution in [-0.4, -0.2) is 33.0 Å². The predicted molar refractivity (Wildman–Crippen MR) is 138 cm³/mol. The van der Waals surface area contributed by atoms with Crippen molar-refractivity contribution in [2.24, 2.45) is 5.92 Å². The number of imidazole rings is 2. The molecular weight excluding hydrogens is 432 g/mol. The summed E-state index contributed by atoms with van der Waals surface area (Å²) in [6.45, 7) is 4.83. The molecule has 6 rings (SSSR count). The minimum absolute atomic E-state index is 0.235. The first kappa shape index (κ1) is 21.8. The van der Waals surface area contributed by atoms with Crippen molar-refractivity contribution in [3.8, 4) is 46.0 Å². The normalized spacial score (nSPS) is 20.5. The molecule has 2 atom stereocenters. The van der Waals surface area contributed by atoms with E-state index in [2.05, 4.69) is 87.0 Å². The smallest absolute Gasteiger partial charge is 0.169 e. The van der Waals surface area contributed by atoms with E-state index in [0.717, 1.165) is 58.7 Å². The van der Waals surface area contributed by atoms with Crippen LogP contribution < -0.4 is 10.6 Å². The maximum atomic E-state index is 5.29. The van der Waals surface area contributed by atoms with E-state index >= 15 is 0 Å². The number of hydrogen-bond donors (Lipinski definition) is 4. The fraction of sp³-hybridized carbons (Fsp3) is 0.310. The van der Waals surface area contributed by atoms with E-state index in [0.29, 0.717) is 6.54 Å². The van der Waals surface area contributed by atoms with E-state index in [9.17, 15) is 0 Å². The molecule has 3 heterocycles. The van der Waals surface area contributed by atoms with Crippen LogP contribution in [0.5, 0.6) is 0 Å². The maximum Gasteiger partial charge on any atom is 0.169 e. The number of fused-ring (bicyclic) bond motifs is 1. The number of benzene rings is 2. The molecule has 2 fully saturated rings. The quantitative estimate of drug-likeness (QED) is 0.237. The second kappa shape index (κ2) is 8.84. The Morgan fingerprint density at radius 2 is 1.77 bits per heavy atom. The van der Waals surface area contributed by atoms with E-state index in [4.69, 9.17) is 11.4 Å². The highest BCUT2D eigenvalue weighted by Gasteiger charge is 2.65. The Kier molecular flexibility index (Phi) is 5.52. The van der Waals surface area contributed by atoms with Crippen LogP contribution in [0.4, 0.5) is 0 Å². The number of terminal acetylenes is 1. The molecule has 1 aliphatic heterocycles. The number of aromatic amines is 2. The van der Waals surface area contributed by atoms with Crippen LogP contribution in [0.2, 0.25) is 0 Å². The van der Waals surface area contributed by atoms with E-state index in [1.165, 1.54) is 30.5 Å². The highest BCUT2D eigenvalue weighted by atomic mass is 15.2. The summed E-state index contributed by atoms with van der Waals surface area (Å²) >= 11 is 0. The largest absolute Gasteiger partial charge is 0.341 e. The Morgan fingerprint density at radius 3 is 2.43 bits per heavy atom. The Hall–Kier alpha value is -3.66. The van der Waals surface area contributed by atoms with Gasteiger partial charge in [-0.1, -0.05) is 48.5 Å². The van der Waals surface area contributed by atoms with Gasteiger partial charge in [0.15, 0.2) is 11.4 Å². The second-order valence-corrected chi connectivity index (χ2v) is 9.81. The molecule has 2 aromatic heterocycles. The van der Waals surface area contributed by atoms with Gasteiger partial charge in [-0.2, -0.15) is 0 Å². The average molecular weight is 464 g/mol. The molecule has 0 bridgehead atoms. The first-order chi connectivity index (χ1) is 17.2. The Bertz CT molecular complexity index is 1370. The number of H-pyrrole nitrogens is 2. The van der Waals surface area contributed by atoms with Gasteiger partial charge in [-0.05, 0) is 23.6 Å². The molecule has 0 amide bonds. The summed E-state index contributed by atoms with van der Waals surface area (Å²) in [5.41, 5.74) is 8.15. The molecule has 1 saturated heterocycles. The number of nitrogens with zero attached hydrogens (tertiary/aromatic N) is 2. The minimum Gasteiger partial charge on any atom is -0.341 e. The summed E-state index contributed by atoms with van der Waals surface area (Å²) in [6, 6.07) is 17.4. The summed E-state index contributed by atoms with van der Waals surface area (Å²) in [7, 11) is 0. The summed E-state index contributed by atoms with van der Waals surface area (Å²) in [5, 5.41) is 5.77. The molecule has 0 radical (unpaired) electrons. The third-order valence-corrected chi connectivity index (χ3v) is 7.56. The number of quaternary nitrogens is 1. The van der Waals surface area contributed by atoms with Crippen molar-refractivity contribution >= 4 is 0 Å². The molecule has 6 nitrogen and oxygen atoms in total. The van der Waals surface area contributed by atoms with Gasteiger partial charge >= 0.3 is 0 Å². The van der Waals surface area contributed by atoms with Gasteiger partial charge < -0.3 is 20.6 Å². The number of nitrogens with one attached hydrogen (secondary N) is 3. The molecule has 1 aliphatic carbocycles. The molecule has 2 aliphatic rings. The van der Waals surface area contributed by atoms with Crippen molar-refractivity contribution in [1.82, 2.24) is 25.3 Å². The van der Waals surface area contributed by atoms with E-state index < -0.39 is 0 Å². The minimum atomic E-state index is 0.235. The first-order valence-electron chi connectivity index (χ1n) is 12.5. The zero-order chi connectivity index (χ0) is 23.8. The van der Waals surface area contributed by atoms with E-state index in [-0.39, 0.29) is 5.54 Å². The molecule has 6 heteroatoms. The van der Waals surface area contributed by atoms with Crippen LogP contribution in [-0.2, 0) is 12.1 Å². The number of aryl methyl sites for hydroxylation is 1. The van der Waals surface area contributed by atoms with E-state index in [1.807, 2.05) is 6.20 Å². The van der Waals surface area contributed by atoms with Gasteiger partial charge in [-0.15, -0.1) is 12.3 Å². The lowest BCUT2D eigenvalue weighted by molar-refractivity contribution is -0.699. The van der Waals surface area contributed by atoms with Crippen LogP contribution in [0.1, 0.15) is 36.6 Å². The standard InChI is InChI=1S/C29H30N6/c1-3-4-14-30-18-26-31-17-25(34-26)22-9-5-20(6-10-22)21-7-11-23(12-8-21)27-19(2)33-28(35-27)29-16-24(29)13-15-32-29/h1,5-12,17,24,30,32H,4,13-16,18H2,2H3,(H,31,34)(H,33,35)/p+1. The van der Waals surface area contributed by atoms with Crippen molar-refractivity contribution in [1.29, 1.82) is 0 Å². The van der Waals surface area contributed by atoms with Crippen molar-refractivity contribution in [2.45, 2.75) is 38.3 Å². The second-order valence-electron chi connectivity index (χ2n) is 9.81. The molecule has 4 aromatic rings. The number of hydrogen-bond acceptors (Lipinski definition) is 3. The maximum absolute atomic E-state index is 5.29. The summed E-state index contributed by atoms with van der Waals surface area (Å²) in [4.78, 5) is 16.5. The summed E-state index contributed by atoms with van der Waals surface area (Å²) < 4.78 is 0. The molecule has 1 saturated carbocycles. The highest BCUT2D eigenvalue weighted by Crippen LogP contribution is 2.52. The highest BCUT2D eigenvalue weighted by molar-refractivity contribution is 5.72. The predicted octanol–water partition coefficient (Wildman–Crippen LogP) is 3.74. The fourth-order valence-corrected chi connectivity index (χ4v) is 5.48. The van der Waals surface area contributed by atoms with Gasteiger partial charge in [0.25, 0.3) is 0 Å². The lowest BCUT2D eigenvalue weighted by Gasteiger charge is -2.06. The zero-order valence-corrected chi connectivity index (χ0v) is 20.1. The molecule has 5 N–H and O–H groups in total. The fourth-order valence-electron chi connectivity index (χ4n) is 5.48. The number of piperidine rings is 1. The third kappa shape index (κ3) is 4.07. The number of nitrogens with two attached hydrogens (primary N) is 1. The average Bonchev–Trinajstić information content (AvgIpc) is 3.27. The van der Waals surface area contributed by atoms with Crippen LogP contribution >= 0.6 is 0 Å². The summed E-state index contributed by atoms with van der Waals surface area (Å²) in [5.74, 6) is 5.51. The van der Waals surface area contributed by atoms with Gasteiger partial charge in [-0.3, -0.25) is 0 Å². The van der Waals surface area contributed by atoms with Gasteiger partial charge in [0.2, 0.25) is 0 Å². The monoisotopic (exact) mass is 463 g/mol. The van der Waals surface area contributed by atoms with Gasteiger partial charge in [-0.25, -0.2) is 9.97 Å². The van der Waals surface area contributed by atoms with Gasteiger partial charge in [0, 0.05) is 43.0 Å². The van der Waals surface area contributed by atoms with Crippen LogP contribution in [0.3, 0.4) is 0 Å². The molecule has 0 spiro atoms. The lowest BCUT2D eigenvalue weighted by atomic mass is 10.0. The van der Waals surface area contributed by atoms with Crippen molar-refractivity contribution in [3.05, 3.63) is 72.1 Å². The molecule has 2 unspecified atom stereocenters. The lowest BCUT2D eigenvalue weighted by Crippen LogP contribution is -2.88. The number of aromatic nitrogens is 4. The van der Waals surface area contributed by atoms with Crippen molar-refractivity contribution in [2.75, 3.05) is 13.1 Å². The first-order valence-corrected chi connectivity index (χ1v) is 12.5. The van der Waals surface area contributed by atoms with Gasteiger partial charge in [0.1, 0.15) is 5.82 Å². The topological polar surface area (TPSA) is 86.0 Å². The number of rotatable bonds is 8.